The van der Waals surface area contributed by atoms with Crippen LogP contribution in [0.1, 0.15) is 40.5 Å². The van der Waals surface area contributed by atoms with E-state index >= 15 is 0 Å². The molecule has 3 N–H and O–H groups in total. The van der Waals surface area contributed by atoms with Gasteiger partial charge in [-0.2, -0.15) is 5.10 Å². The van der Waals surface area contributed by atoms with Crippen LogP contribution in [0.3, 0.4) is 0 Å². The highest BCUT2D eigenvalue weighted by Gasteiger charge is 2.32. The maximum Gasteiger partial charge on any atom is 0.333 e. The lowest BCUT2D eigenvalue weighted by atomic mass is 10.1. The summed E-state index contributed by atoms with van der Waals surface area (Å²) in [6.07, 6.45) is 4.09. The summed E-state index contributed by atoms with van der Waals surface area (Å²) in [7, 11) is 0. The number of nitrogens with one attached hydrogen (secondary N) is 1. The monoisotopic (exact) mass is 332 g/mol. The number of hydrogen-bond acceptors (Lipinski definition) is 5. The number of aromatic nitrogens is 2. The molecule has 0 fully saturated rings. The molecule has 8 heteroatoms. The van der Waals surface area contributed by atoms with Gasteiger partial charge in [0.2, 0.25) is 5.91 Å². The van der Waals surface area contributed by atoms with Crippen molar-refractivity contribution in [2.45, 2.75) is 52.1 Å². The van der Waals surface area contributed by atoms with Crippen molar-refractivity contribution in [1.29, 1.82) is 0 Å². The lowest BCUT2D eigenvalue weighted by Gasteiger charge is -2.22. The number of nitrogens with two attached hydrogens (primary N) is 1. The van der Waals surface area contributed by atoms with Crippen molar-refractivity contribution in [3.05, 3.63) is 12.4 Å². The van der Waals surface area contributed by atoms with Crippen molar-refractivity contribution in [3.63, 3.8) is 0 Å². The smallest absolute Gasteiger partial charge is 0.333 e. The molecule has 0 aliphatic heterocycles. The van der Waals surface area contributed by atoms with Crippen LogP contribution < -0.4 is 11.1 Å². The molecule has 7 nitrogen and oxygen atoms in total. The Balaban J connectivity index is 0.00000441. The number of esters is 1. The van der Waals surface area contributed by atoms with Crippen molar-refractivity contribution < 1.29 is 14.3 Å². The Bertz CT molecular complexity index is 500. The summed E-state index contributed by atoms with van der Waals surface area (Å²) in [5.41, 5.74) is 5.23. The minimum atomic E-state index is -0.926. The van der Waals surface area contributed by atoms with E-state index in [-0.39, 0.29) is 30.3 Å². The third kappa shape index (κ3) is 5.65. The molecule has 22 heavy (non-hydrogen) atoms. The van der Waals surface area contributed by atoms with Crippen LogP contribution in [0.2, 0.25) is 0 Å². The maximum absolute atomic E-state index is 11.9. The fourth-order valence-corrected chi connectivity index (χ4v) is 1.68. The van der Waals surface area contributed by atoms with E-state index in [4.69, 9.17) is 10.5 Å². The van der Waals surface area contributed by atoms with Crippen LogP contribution in [-0.2, 0) is 19.9 Å². The Morgan fingerprint density at radius 1 is 1.50 bits per heavy atom. The van der Waals surface area contributed by atoms with Gasteiger partial charge in [0.1, 0.15) is 0 Å². The van der Waals surface area contributed by atoms with Crippen LogP contribution in [0.15, 0.2) is 12.4 Å². The lowest BCUT2D eigenvalue weighted by Crippen LogP contribution is -2.37. The van der Waals surface area contributed by atoms with Gasteiger partial charge < -0.3 is 15.8 Å². The van der Waals surface area contributed by atoms with Crippen LogP contribution in [-0.4, -0.2) is 34.3 Å². The van der Waals surface area contributed by atoms with E-state index in [1.54, 1.807) is 27.0 Å². The highest BCUT2D eigenvalue weighted by Crippen LogP contribution is 2.19. The Hall–Kier alpha value is -1.60. The minimum Gasteiger partial charge on any atom is -0.464 e. The van der Waals surface area contributed by atoms with Gasteiger partial charge in [-0.05, 0) is 34.1 Å². The van der Waals surface area contributed by atoms with Crippen molar-refractivity contribution in [1.82, 2.24) is 9.78 Å². The number of amides is 1. The first-order chi connectivity index (χ1) is 9.77. The number of carbonyl (C=O) groups is 2. The normalized spacial score (nSPS) is 12.2. The number of nitrogens with zero attached hydrogens (tertiary/aromatic N) is 2. The molecule has 0 aliphatic carbocycles. The molecular formula is C14H25ClN4O3. The number of anilines is 1. The molecule has 0 aromatic carbocycles. The molecule has 1 atom stereocenters. The molecule has 0 aliphatic rings. The van der Waals surface area contributed by atoms with Crippen molar-refractivity contribution in [2.24, 2.45) is 5.73 Å². The summed E-state index contributed by atoms with van der Waals surface area (Å²) in [4.78, 5) is 23.6. The lowest BCUT2D eigenvalue weighted by molar-refractivity contribution is -0.152. The van der Waals surface area contributed by atoms with E-state index in [9.17, 15) is 9.59 Å². The van der Waals surface area contributed by atoms with Gasteiger partial charge in [0.15, 0.2) is 5.54 Å². The Kier molecular flexibility index (Phi) is 8.11. The summed E-state index contributed by atoms with van der Waals surface area (Å²) < 4.78 is 6.49. The van der Waals surface area contributed by atoms with Gasteiger partial charge in [-0.15, -0.1) is 12.4 Å². The van der Waals surface area contributed by atoms with E-state index < -0.39 is 5.54 Å². The molecule has 0 spiro atoms. The molecule has 0 radical (unpaired) electrons. The molecule has 0 bridgehead atoms. The van der Waals surface area contributed by atoms with E-state index in [0.29, 0.717) is 25.1 Å². The number of ether oxygens (including phenoxy) is 1. The Morgan fingerprint density at radius 3 is 2.68 bits per heavy atom. The molecule has 1 heterocycles. The number of halogens is 1. The zero-order valence-corrected chi connectivity index (χ0v) is 14.3. The Morgan fingerprint density at radius 2 is 2.14 bits per heavy atom. The predicted molar refractivity (Wildman–Crippen MR) is 86.9 cm³/mol. The van der Waals surface area contributed by atoms with Crippen molar-refractivity contribution in [2.75, 3.05) is 11.9 Å². The molecule has 1 unspecified atom stereocenters. The first-order valence-corrected chi connectivity index (χ1v) is 7.05. The number of carbonyl (C=O) groups excluding carboxylic acids is 2. The van der Waals surface area contributed by atoms with Gasteiger partial charge in [0, 0.05) is 18.7 Å². The van der Waals surface area contributed by atoms with Crippen LogP contribution in [0, 0.1) is 0 Å². The van der Waals surface area contributed by atoms with E-state index in [1.807, 2.05) is 6.92 Å². The summed E-state index contributed by atoms with van der Waals surface area (Å²) in [5.74, 6) is -0.497. The van der Waals surface area contributed by atoms with Crippen LogP contribution in [0.4, 0.5) is 5.69 Å². The molecule has 1 rings (SSSR count). The van der Waals surface area contributed by atoms with Crippen molar-refractivity contribution >= 4 is 30.0 Å². The molecule has 1 aromatic rings. The first-order valence-electron chi connectivity index (χ1n) is 7.05. The largest absolute Gasteiger partial charge is 0.464 e. The summed E-state index contributed by atoms with van der Waals surface area (Å²) in [5, 5.41) is 6.85. The van der Waals surface area contributed by atoms with Crippen LogP contribution in [0.5, 0.6) is 0 Å². The van der Waals surface area contributed by atoms with Gasteiger partial charge in [0.25, 0.3) is 0 Å². The first kappa shape index (κ1) is 20.4. The van der Waals surface area contributed by atoms with Gasteiger partial charge in [0.05, 0.1) is 18.5 Å². The second-order valence-corrected chi connectivity index (χ2v) is 5.52. The molecule has 0 saturated heterocycles. The molecule has 126 valence electrons. The minimum absolute atomic E-state index is 0. The fourth-order valence-electron chi connectivity index (χ4n) is 1.68. The van der Waals surface area contributed by atoms with E-state index in [0.717, 1.165) is 0 Å². The second-order valence-electron chi connectivity index (χ2n) is 5.52. The molecule has 1 amide bonds. The Labute approximate surface area is 137 Å². The third-order valence-corrected chi connectivity index (χ3v) is 3.04. The van der Waals surface area contributed by atoms with E-state index in [1.165, 1.54) is 10.9 Å². The second kappa shape index (κ2) is 8.75. The van der Waals surface area contributed by atoms with Gasteiger partial charge in [-0.25, -0.2) is 4.79 Å². The van der Waals surface area contributed by atoms with Gasteiger partial charge >= 0.3 is 5.97 Å². The fraction of sp³-hybridized carbons (Fsp3) is 0.643. The third-order valence-electron chi connectivity index (χ3n) is 3.04. The summed E-state index contributed by atoms with van der Waals surface area (Å²) >= 11 is 0. The predicted octanol–water partition coefficient (Wildman–Crippen LogP) is 1.67. The average Bonchev–Trinajstić information content (AvgIpc) is 2.85. The maximum atomic E-state index is 11.9. The number of hydrogen-bond donors (Lipinski definition) is 2. The summed E-state index contributed by atoms with van der Waals surface area (Å²) in [6, 6.07) is -0.0128. The van der Waals surface area contributed by atoms with Crippen LogP contribution >= 0.6 is 12.4 Å². The van der Waals surface area contributed by atoms with Gasteiger partial charge in [-0.3, -0.25) is 9.48 Å². The topological polar surface area (TPSA) is 99.2 Å². The highest BCUT2D eigenvalue weighted by atomic mass is 35.5. The van der Waals surface area contributed by atoms with Crippen molar-refractivity contribution in [3.8, 4) is 0 Å². The molecular weight excluding hydrogens is 308 g/mol. The zero-order chi connectivity index (χ0) is 16.0. The standard InChI is InChI=1S/C14H24N4O3.ClH/c1-5-21-13(20)14(3,4)18-9-11(8-16-18)17-12(19)7-6-10(2)15;/h8-10H,5-7,15H2,1-4H3,(H,17,19);1H. The van der Waals surface area contributed by atoms with Crippen LogP contribution in [0.25, 0.3) is 0 Å². The highest BCUT2D eigenvalue weighted by molar-refractivity contribution is 5.90. The summed E-state index contributed by atoms with van der Waals surface area (Å²) in [6.45, 7) is 7.33. The zero-order valence-electron chi connectivity index (χ0n) is 13.5. The van der Waals surface area contributed by atoms with E-state index in [2.05, 4.69) is 10.4 Å². The average molecular weight is 333 g/mol. The number of rotatable bonds is 7. The van der Waals surface area contributed by atoms with Gasteiger partial charge in [-0.1, -0.05) is 0 Å². The quantitative estimate of drug-likeness (QED) is 0.740. The SMILES string of the molecule is CCOC(=O)C(C)(C)n1cc(NC(=O)CCC(C)N)cn1.Cl. The molecule has 0 saturated carbocycles. The molecule has 1 aromatic heterocycles.